The van der Waals surface area contributed by atoms with Crippen LogP contribution in [0.25, 0.3) is 0 Å². The minimum atomic E-state index is 0. The van der Waals surface area contributed by atoms with Crippen molar-refractivity contribution in [3.63, 3.8) is 0 Å². The van der Waals surface area contributed by atoms with E-state index in [9.17, 15) is 4.79 Å². The summed E-state index contributed by atoms with van der Waals surface area (Å²) in [5.74, 6) is 0.283. The summed E-state index contributed by atoms with van der Waals surface area (Å²) in [5, 5.41) is 5.09. The molecule has 0 aliphatic heterocycles. The van der Waals surface area contributed by atoms with Gasteiger partial charge in [0.25, 0.3) is 0 Å². The quantitative estimate of drug-likeness (QED) is 0.863. The number of amides is 1. The number of rotatable bonds is 6. The van der Waals surface area contributed by atoms with Crippen LogP contribution < -0.4 is 5.32 Å². The minimum absolute atomic E-state index is 0. The second-order valence-corrected chi connectivity index (χ2v) is 5.22. The summed E-state index contributed by atoms with van der Waals surface area (Å²) in [7, 11) is 1.88. The molecule has 1 aromatic heterocycles. The molecule has 5 heteroatoms. The molecule has 1 heterocycles. The van der Waals surface area contributed by atoms with E-state index in [1.54, 1.807) is 11.3 Å². The maximum atomic E-state index is 12.0. The van der Waals surface area contributed by atoms with E-state index in [2.05, 4.69) is 16.8 Å². The first-order valence-corrected chi connectivity index (χ1v) is 6.65. The van der Waals surface area contributed by atoms with Gasteiger partial charge in [-0.05, 0) is 31.3 Å². The molecule has 1 amide bonds. The fourth-order valence-corrected chi connectivity index (χ4v) is 2.46. The molecule has 1 aromatic rings. The Kier molecular flexibility index (Phi) is 5.95. The van der Waals surface area contributed by atoms with Gasteiger partial charge in [0.15, 0.2) is 0 Å². The van der Waals surface area contributed by atoms with E-state index in [0.29, 0.717) is 12.5 Å². The van der Waals surface area contributed by atoms with E-state index in [1.165, 1.54) is 17.7 Å². The Labute approximate surface area is 113 Å². The van der Waals surface area contributed by atoms with Crippen LogP contribution >= 0.6 is 23.7 Å². The third-order valence-electron chi connectivity index (χ3n) is 2.80. The molecule has 0 unspecified atom stereocenters. The minimum Gasteiger partial charge on any atom is -0.335 e. The Bertz CT molecular complexity index is 338. The molecule has 1 aliphatic carbocycles. The molecule has 0 saturated heterocycles. The fraction of sp³-hybridized carbons (Fsp3) is 0.583. The highest BCUT2D eigenvalue weighted by atomic mass is 35.5. The zero-order valence-corrected chi connectivity index (χ0v) is 11.6. The molecule has 1 N–H and O–H groups in total. The van der Waals surface area contributed by atoms with Crippen LogP contribution in [0.4, 0.5) is 0 Å². The van der Waals surface area contributed by atoms with Gasteiger partial charge in [-0.15, -0.1) is 23.7 Å². The number of nitrogens with one attached hydrogen (secondary N) is 1. The highest BCUT2D eigenvalue weighted by molar-refractivity contribution is 7.09. The van der Waals surface area contributed by atoms with Gasteiger partial charge in [-0.3, -0.25) is 4.79 Å². The number of halogens is 1. The highest BCUT2D eigenvalue weighted by Gasteiger charge is 2.32. The monoisotopic (exact) mass is 274 g/mol. The van der Waals surface area contributed by atoms with Crippen molar-refractivity contribution in [3.05, 3.63) is 22.4 Å². The normalized spacial score (nSPS) is 14.2. The number of carbonyl (C=O) groups excluding carboxylic acids is 1. The molecule has 1 aliphatic rings. The van der Waals surface area contributed by atoms with Crippen molar-refractivity contribution in [3.8, 4) is 0 Å². The van der Waals surface area contributed by atoms with Crippen molar-refractivity contribution in [2.24, 2.45) is 0 Å². The van der Waals surface area contributed by atoms with Crippen molar-refractivity contribution in [2.75, 3.05) is 13.6 Å². The standard InChI is InChI=1S/C12H18N2OS.ClH/c1-13-7-6-12(15)14(10-4-5-10)9-11-3-2-8-16-11;/h2-3,8,10,13H,4-7,9H2,1H3;1H. The Morgan fingerprint density at radius 3 is 2.88 bits per heavy atom. The summed E-state index contributed by atoms with van der Waals surface area (Å²) in [4.78, 5) is 15.3. The first-order chi connectivity index (χ1) is 7.81. The van der Waals surface area contributed by atoms with Gasteiger partial charge in [-0.25, -0.2) is 0 Å². The average molecular weight is 275 g/mol. The van der Waals surface area contributed by atoms with Crippen LogP contribution in [0.15, 0.2) is 17.5 Å². The second-order valence-electron chi connectivity index (χ2n) is 4.19. The van der Waals surface area contributed by atoms with Crippen LogP contribution in [0.2, 0.25) is 0 Å². The van der Waals surface area contributed by atoms with Gasteiger partial charge in [0.05, 0.1) is 6.54 Å². The lowest BCUT2D eigenvalue weighted by Crippen LogP contribution is -2.33. The Morgan fingerprint density at radius 2 is 2.35 bits per heavy atom. The van der Waals surface area contributed by atoms with Crippen LogP contribution in [-0.2, 0) is 11.3 Å². The lowest BCUT2D eigenvalue weighted by Gasteiger charge is -2.21. The van der Waals surface area contributed by atoms with Gasteiger partial charge in [0.1, 0.15) is 0 Å². The van der Waals surface area contributed by atoms with Crippen LogP contribution in [0.5, 0.6) is 0 Å². The smallest absolute Gasteiger partial charge is 0.224 e. The first kappa shape index (κ1) is 14.5. The predicted octanol–water partition coefficient (Wildman–Crippen LogP) is 2.27. The van der Waals surface area contributed by atoms with Crippen molar-refractivity contribution in [2.45, 2.75) is 31.8 Å². The molecule has 3 nitrogen and oxygen atoms in total. The summed E-state index contributed by atoms with van der Waals surface area (Å²) in [6, 6.07) is 4.65. The number of thiophene rings is 1. The molecule has 0 atom stereocenters. The molecular formula is C12H19ClN2OS. The number of hydrogen-bond donors (Lipinski definition) is 1. The molecule has 0 bridgehead atoms. The molecule has 0 aromatic carbocycles. The first-order valence-electron chi connectivity index (χ1n) is 5.77. The Balaban J connectivity index is 0.00000144. The van der Waals surface area contributed by atoms with E-state index in [0.717, 1.165) is 13.1 Å². The van der Waals surface area contributed by atoms with Gasteiger partial charge in [0.2, 0.25) is 5.91 Å². The highest BCUT2D eigenvalue weighted by Crippen LogP contribution is 2.29. The van der Waals surface area contributed by atoms with E-state index >= 15 is 0 Å². The number of carbonyl (C=O) groups is 1. The summed E-state index contributed by atoms with van der Waals surface area (Å²) >= 11 is 1.73. The number of hydrogen-bond acceptors (Lipinski definition) is 3. The lowest BCUT2D eigenvalue weighted by molar-refractivity contribution is -0.132. The summed E-state index contributed by atoms with van der Waals surface area (Å²) < 4.78 is 0. The maximum Gasteiger partial charge on any atom is 0.224 e. The zero-order chi connectivity index (χ0) is 11.4. The number of nitrogens with zero attached hydrogens (tertiary/aromatic N) is 1. The Morgan fingerprint density at radius 1 is 1.59 bits per heavy atom. The molecule has 0 spiro atoms. The summed E-state index contributed by atoms with van der Waals surface area (Å²) in [6.45, 7) is 1.57. The lowest BCUT2D eigenvalue weighted by atomic mass is 10.3. The maximum absolute atomic E-state index is 12.0. The van der Waals surface area contributed by atoms with Crippen LogP contribution in [-0.4, -0.2) is 30.4 Å². The van der Waals surface area contributed by atoms with Crippen LogP contribution in [0.3, 0.4) is 0 Å². The van der Waals surface area contributed by atoms with Crippen LogP contribution in [0, 0.1) is 0 Å². The van der Waals surface area contributed by atoms with Crippen molar-refractivity contribution < 1.29 is 4.79 Å². The predicted molar refractivity (Wildman–Crippen MR) is 73.7 cm³/mol. The van der Waals surface area contributed by atoms with Gasteiger partial charge < -0.3 is 10.2 Å². The second kappa shape index (κ2) is 6.99. The third-order valence-corrected chi connectivity index (χ3v) is 3.66. The molecule has 0 radical (unpaired) electrons. The average Bonchev–Trinajstić information content (AvgIpc) is 3.00. The van der Waals surface area contributed by atoms with Gasteiger partial charge in [0, 0.05) is 23.9 Å². The SMILES string of the molecule is CNCCC(=O)N(Cc1cccs1)C1CC1.Cl. The Hall–Kier alpha value is -0.580. The topological polar surface area (TPSA) is 32.3 Å². The molecule has 1 saturated carbocycles. The van der Waals surface area contributed by atoms with Gasteiger partial charge >= 0.3 is 0 Å². The molecule has 17 heavy (non-hydrogen) atoms. The van der Waals surface area contributed by atoms with Gasteiger partial charge in [-0.2, -0.15) is 0 Å². The van der Waals surface area contributed by atoms with Crippen molar-refractivity contribution >= 4 is 29.7 Å². The van der Waals surface area contributed by atoms with E-state index in [-0.39, 0.29) is 18.3 Å². The van der Waals surface area contributed by atoms with E-state index in [4.69, 9.17) is 0 Å². The summed E-state index contributed by atoms with van der Waals surface area (Å²) in [6.07, 6.45) is 2.96. The molecule has 96 valence electrons. The largest absolute Gasteiger partial charge is 0.335 e. The van der Waals surface area contributed by atoms with E-state index in [1.807, 2.05) is 18.0 Å². The third kappa shape index (κ3) is 4.30. The summed E-state index contributed by atoms with van der Waals surface area (Å²) in [5.41, 5.74) is 0. The fourth-order valence-electron chi connectivity index (χ4n) is 1.75. The molecule has 2 rings (SSSR count). The van der Waals surface area contributed by atoms with E-state index < -0.39 is 0 Å². The molecular weight excluding hydrogens is 256 g/mol. The zero-order valence-electron chi connectivity index (χ0n) is 10.0. The van der Waals surface area contributed by atoms with Crippen molar-refractivity contribution in [1.29, 1.82) is 0 Å². The van der Waals surface area contributed by atoms with Gasteiger partial charge in [-0.1, -0.05) is 6.07 Å². The van der Waals surface area contributed by atoms with Crippen molar-refractivity contribution in [1.82, 2.24) is 10.2 Å². The molecule has 1 fully saturated rings. The van der Waals surface area contributed by atoms with Crippen LogP contribution in [0.1, 0.15) is 24.1 Å².